The van der Waals surface area contributed by atoms with Gasteiger partial charge in [0.25, 0.3) is 17.7 Å². The average molecular weight is 775 g/mol. The van der Waals surface area contributed by atoms with Crippen LogP contribution in [0.3, 0.4) is 0 Å². The number of carbonyl (C=O) groups excluding carboxylic acids is 5. The van der Waals surface area contributed by atoms with Gasteiger partial charge in [0.1, 0.15) is 29.8 Å². The number of benzene rings is 3. The smallest absolute Gasteiger partial charge is 0.262 e. The summed E-state index contributed by atoms with van der Waals surface area (Å²) in [6, 6.07) is 15.1. The van der Waals surface area contributed by atoms with Crippen LogP contribution >= 0.6 is 0 Å². The normalized spacial score (nSPS) is 24.1. The fraction of sp³-hybridized carbons (Fsp3) is 0.455. The van der Waals surface area contributed by atoms with E-state index in [-0.39, 0.29) is 36.5 Å². The Morgan fingerprint density at radius 3 is 2.12 bits per heavy atom. The van der Waals surface area contributed by atoms with E-state index in [2.05, 4.69) is 20.4 Å². The Bertz CT molecular complexity index is 2190. The molecule has 5 amide bonds. The summed E-state index contributed by atoms with van der Waals surface area (Å²) in [5.74, 6) is -1.82. The highest BCUT2D eigenvalue weighted by Crippen LogP contribution is 2.56. The zero-order valence-electron chi connectivity index (χ0n) is 32.9. The van der Waals surface area contributed by atoms with E-state index in [1.165, 1.54) is 6.07 Å². The topological polar surface area (TPSA) is 152 Å². The van der Waals surface area contributed by atoms with Crippen LogP contribution in [0.25, 0.3) is 0 Å². The second-order valence-corrected chi connectivity index (χ2v) is 17.5. The monoisotopic (exact) mass is 774 g/mol. The fourth-order valence-electron chi connectivity index (χ4n) is 10.2. The van der Waals surface area contributed by atoms with Crippen molar-refractivity contribution in [2.45, 2.75) is 91.6 Å². The minimum atomic E-state index is -0.972. The minimum absolute atomic E-state index is 0.0208. The van der Waals surface area contributed by atoms with Gasteiger partial charge in [-0.25, -0.2) is 4.39 Å². The van der Waals surface area contributed by atoms with E-state index in [0.29, 0.717) is 47.0 Å². The quantitative estimate of drug-likeness (QED) is 0.293. The maximum atomic E-state index is 14.7. The molecule has 4 aliphatic heterocycles. The molecule has 12 nitrogen and oxygen atoms in total. The second-order valence-electron chi connectivity index (χ2n) is 17.5. The van der Waals surface area contributed by atoms with Gasteiger partial charge in [0.05, 0.1) is 16.7 Å². The van der Waals surface area contributed by atoms with Crippen LogP contribution in [0.2, 0.25) is 0 Å². The maximum Gasteiger partial charge on any atom is 0.262 e. The van der Waals surface area contributed by atoms with Crippen LogP contribution in [0, 0.1) is 40.8 Å². The summed E-state index contributed by atoms with van der Waals surface area (Å²) in [5, 5.41) is 14.7. The molecule has 4 heterocycles. The highest BCUT2D eigenvalue weighted by Gasteiger charge is 2.64. The van der Waals surface area contributed by atoms with Crippen molar-refractivity contribution >= 4 is 35.2 Å². The molecule has 0 bridgehead atoms. The molecule has 2 saturated heterocycles. The van der Waals surface area contributed by atoms with E-state index in [9.17, 15) is 33.6 Å². The third kappa shape index (κ3) is 6.53. The molecular formula is C44H47FN6O6. The fourth-order valence-corrected chi connectivity index (χ4v) is 10.2. The second kappa shape index (κ2) is 14.1. The molecule has 2 N–H and O–H groups in total. The van der Waals surface area contributed by atoms with Gasteiger partial charge in [-0.3, -0.25) is 39.1 Å². The molecule has 0 aromatic heterocycles. The summed E-state index contributed by atoms with van der Waals surface area (Å²) < 4.78 is 21.0. The van der Waals surface area contributed by atoms with Gasteiger partial charge in [-0.1, -0.05) is 27.7 Å². The van der Waals surface area contributed by atoms with Crippen LogP contribution in [0.4, 0.5) is 10.1 Å². The van der Waals surface area contributed by atoms with Crippen LogP contribution in [0.5, 0.6) is 5.75 Å². The molecule has 8 rings (SSSR count). The minimum Gasteiger partial charge on any atom is -0.489 e. The number of carbonyl (C=O) groups is 5. The Morgan fingerprint density at radius 1 is 0.930 bits per heavy atom. The zero-order valence-corrected chi connectivity index (χ0v) is 32.9. The Labute approximate surface area is 331 Å². The molecule has 1 atom stereocenters. The Hall–Kier alpha value is -5.61. The predicted molar refractivity (Wildman–Crippen MR) is 208 cm³/mol. The Kier molecular flexibility index (Phi) is 9.46. The van der Waals surface area contributed by atoms with Gasteiger partial charge >= 0.3 is 0 Å². The lowest BCUT2D eigenvalue weighted by Gasteiger charge is -2.63. The number of rotatable bonds is 8. The van der Waals surface area contributed by atoms with Crippen molar-refractivity contribution in [1.29, 1.82) is 5.26 Å². The number of hydrogen-bond acceptors (Lipinski definition) is 9. The first kappa shape index (κ1) is 38.3. The van der Waals surface area contributed by atoms with Gasteiger partial charge in [-0.05, 0) is 91.8 Å². The van der Waals surface area contributed by atoms with E-state index >= 15 is 0 Å². The molecule has 5 aliphatic rings. The Balaban J connectivity index is 0.825. The van der Waals surface area contributed by atoms with Crippen LogP contribution < -0.4 is 20.3 Å². The van der Waals surface area contributed by atoms with Crippen molar-refractivity contribution in [2.24, 2.45) is 16.7 Å². The zero-order chi connectivity index (χ0) is 40.6. The van der Waals surface area contributed by atoms with Crippen LogP contribution in [-0.4, -0.2) is 77.2 Å². The summed E-state index contributed by atoms with van der Waals surface area (Å²) >= 11 is 0. The van der Waals surface area contributed by atoms with Gasteiger partial charge in [0.2, 0.25) is 11.8 Å². The lowest BCUT2D eigenvalue weighted by Crippen LogP contribution is -2.74. The van der Waals surface area contributed by atoms with Gasteiger partial charge in [-0.2, -0.15) is 5.26 Å². The first-order chi connectivity index (χ1) is 27.1. The van der Waals surface area contributed by atoms with E-state index in [1.807, 2.05) is 70.2 Å². The number of ether oxygens (including phenoxy) is 1. The molecule has 3 fully saturated rings. The van der Waals surface area contributed by atoms with Crippen LogP contribution in [-0.2, 0) is 22.7 Å². The standard InChI is InChI=1S/C44H47FN6O6/c1-24-34(12-8-27(20-46)36(24)45)57-42-43(2,3)41(44(42,4)5)48-37(53)26-6-9-30(10-7-26)50-16-14-25(15-17-50)21-49-22-28-18-31-32(19-29(28)23-49)40(56)51(39(31)55)33-11-13-35(52)47-38(33)54/h6-10,12,18-19,25,33,41-42H,11,13-17,21-23H2,1-5H3,(H,48,53)(H,47,52,54). The third-order valence-corrected chi connectivity index (χ3v) is 13.0. The Morgan fingerprint density at radius 2 is 1.54 bits per heavy atom. The highest BCUT2D eigenvalue weighted by atomic mass is 19.1. The number of nitrogens with zero attached hydrogens (tertiary/aromatic N) is 4. The lowest BCUT2D eigenvalue weighted by molar-refractivity contribution is -0.164. The van der Waals surface area contributed by atoms with Crippen molar-refractivity contribution in [1.82, 2.24) is 20.4 Å². The molecule has 1 unspecified atom stereocenters. The van der Waals surface area contributed by atoms with Gasteiger partial charge in [0, 0.05) is 72.8 Å². The molecule has 0 radical (unpaired) electrons. The number of nitrogens with one attached hydrogen (secondary N) is 2. The summed E-state index contributed by atoms with van der Waals surface area (Å²) in [6.07, 6.45) is 1.94. The van der Waals surface area contributed by atoms with Gasteiger partial charge in [-0.15, -0.1) is 0 Å². The third-order valence-electron chi connectivity index (χ3n) is 13.0. The molecular weight excluding hydrogens is 728 g/mol. The number of halogens is 1. The molecule has 1 aliphatic carbocycles. The number of hydrogen-bond donors (Lipinski definition) is 2. The SMILES string of the molecule is Cc1c(OC2C(C)(C)C(NC(=O)c3ccc(N4CCC(CN5Cc6cc7c(cc6C5)C(=O)N(C5CCC(=O)NC5=O)C7=O)CC4)cc3)C2(C)C)ccc(C#N)c1F. The number of amides is 5. The predicted octanol–water partition coefficient (Wildman–Crippen LogP) is 5.25. The van der Waals surface area contributed by atoms with Crippen molar-refractivity contribution in [2.75, 3.05) is 24.5 Å². The summed E-state index contributed by atoms with van der Waals surface area (Å²) in [4.78, 5) is 69.9. The molecule has 0 spiro atoms. The molecule has 3 aromatic rings. The molecule has 57 heavy (non-hydrogen) atoms. The molecule has 3 aromatic carbocycles. The molecule has 1 saturated carbocycles. The van der Waals surface area contributed by atoms with Crippen molar-refractivity contribution in [3.8, 4) is 11.8 Å². The molecule has 13 heteroatoms. The van der Waals surface area contributed by atoms with Crippen LogP contribution in [0.1, 0.15) is 107 Å². The summed E-state index contributed by atoms with van der Waals surface area (Å²) in [7, 11) is 0. The number of imide groups is 2. The van der Waals surface area contributed by atoms with Crippen molar-refractivity contribution in [3.63, 3.8) is 0 Å². The lowest BCUT2D eigenvalue weighted by atomic mass is 9.49. The first-order valence-corrected chi connectivity index (χ1v) is 19.7. The van der Waals surface area contributed by atoms with E-state index in [0.717, 1.165) is 54.2 Å². The van der Waals surface area contributed by atoms with E-state index in [4.69, 9.17) is 4.74 Å². The van der Waals surface area contributed by atoms with E-state index < -0.39 is 46.3 Å². The summed E-state index contributed by atoms with van der Waals surface area (Å²) in [5.41, 5.74) is 3.71. The largest absolute Gasteiger partial charge is 0.489 e. The number of fused-ring (bicyclic) bond motifs is 2. The number of nitriles is 1. The van der Waals surface area contributed by atoms with Gasteiger partial charge < -0.3 is 15.0 Å². The van der Waals surface area contributed by atoms with Gasteiger partial charge in [0.15, 0.2) is 0 Å². The highest BCUT2D eigenvalue weighted by molar-refractivity contribution is 6.23. The molecule has 296 valence electrons. The average Bonchev–Trinajstić information content (AvgIpc) is 3.69. The number of anilines is 1. The summed E-state index contributed by atoms with van der Waals surface area (Å²) in [6.45, 7) is 13.8. The maximum absolute atomic E-state index is 14.7. The van der Waals surface area contributed by atoms with Crippen molar-refractivity contribution < 1.29 is 33.1 Å². The first-order valence-electron chi connectivity index (χ1n) is 19.7. The van der Waals surface area contributed by atoms with Crippen molar-refractivity contribution in [3.05, 3.63) is 93.3 Å². The van der Waals surface area contributed by atoms with E-state index in [1.54, 1.807) is 13.0 Å². The van der Waals surface area contributed by atoms with Crippen LogP contribution in [0.15, 0.2) is 48.5 Å². The number of piperidine rings is 2.